The summed E-state index contributed by atoms with van der Waals surface area (Å²) in [5.74, 6) is 0. The molecule has 1 heterocycles. The largest absolute Gasteiger partial charge is 0.325 e. The van der Waals surface area contributed by atoms with Crippen LogP contribution in [0.5, 0.6) is 0 Å². The lowest BCUT2D eigenvalue weighted by molar-refractivity contribution is -0.383. The SMILES string of the molecule is O=C(Nc1nccs1)Nc1ccccc1[N+](=O)[O-]. The van der Waals surface area contributed by atoms with Crippen LogP contribution in [0, 0.1) is 10.1 Å². The number of amides is 2. The fourth-order valence-corrected chi connectivity index (χ4v) is 1.80. The fourth-order valence-electron chi connectivity index (χ4n) is 1.27. The third-order valence-corrected chi connectivity index (χ3v) is 2.69. The number of para-hydroxylation sites is 2. The molecule has 0 saturated heterocycles. The maximum absolute atomic E-state index is 11.6. The second-order valence-electron chi connectivity index (χ2n) is 3.19. The van der Waals surface area contributed by atoms with Crippen molar-refractivity contribution in [3.05, 3.63) is 46.0 Å². The van der Waals surface area contributed by atoms with Gasteiger partial charge in [0.2, 0.25) is 0 Å². The summed E-state index contributed by atoms with van der Waals surface area (Å²) >= 11 is 1.26. The molecule has 8 heteroatoms. The van der Waals surface area contributed by atoms with E-state index in [2.05, 4.69) is 15.6 Å². The normalized spacial score (nSPS) is 9.78. The Morgan fingerprint density at radius 3 is 2.78 bits per heavy atom. The van der Waals surface area contributed by atoms with Crippen LogP contribution in [0.2, 0.25) is 0 Å². The molecule has 0 atom stereocenters. The predicted octanol–water partition coefficient (Wildman–Crippen LogP) is 2.70. The van der Waals surface area contributed by atoms with E-state index >= 15 is 0 Å². The van der Waals surface area contributed by atoms with E-state index in [0.29, 0.717) is 5.13 Å². The van der Waals surface area contributed by atoms with Crippen molar-refractivity contribution in [3.8, 4) is 0 Å². The number of carbonyl (C=O) groups is 1. The predicted molar refractivity (Wildman–Crippen MR) is 67.9 cm³/mol. The van der Waals surface area contributed by atoms with Gasteiger partial charge in [0.1, 0.15) is 5.69 Å². The minimum absolute atomic E-state index is 0.136. The lowest BCUT2D eigenvalue weighted by Crippen LogP contribution is -2.19. The minimum atomic E-state index is -0.570. The molecule has 1 aromatic carbocycles. The van der Waals surface area contributed by atoms with Gasteiger partial charge >= 0.3 is 6.03 Å². The molecule has 0 aliphatic heterocycles. The Labute approximate surface area is 106 Å². The topological polar surface area (TPSA) is 97.2 Å². The van der Waals surface area contributed by atoms with Crippen LogP contribution in [0.25, 0.3) is 0 Å². The van der Waals surface area contributed by atoms with Gasteiger partial charge in [-0.3, -0.25) is 15.4 Å². The van der Waals surface area contributed by atoms with E-state index < -0.39 is 11.0 Å². The summed E-state index contributed by atoms with van der Waals surface area (Å²) < 4.78 is 0. The molecule has 18 heavy (non-hydrogen) atoms. The molecule has 92 valence electrons. The van der Waals surface area contributed by atoms with Gasteiger partial charge in [-0.1, -0.05) is 12.1 Å². The number of hydrogen-bond acceptors (Lipinski definition) is 5. The first-order valence-corrected chi connectivity index (χ1v) is 5.75. The van der Waals surface area contributed by atoms with Crippen LogP contribution < -0.4 is 10.6 Å². The highest BCUT2D eigenvalue weighted by Crippen LogP contribution is 2.23. The Bertz CT molecular complexity index is 570. The third-order valence-electron chi connectivity index (χ3n) is 2.00. The summed E-state index contributed by atoms with van der Waals surface area (Å²) in [4.78, 5) is 25.6. The summed E-state index contributed by atoms with van der Waals surface area (Å²) in [6.07, 6.45) is 1.55. The highest BCUT2D eigenvalue weighted by Gasteiger charge is 2.14. The van der Waals surface area contributed by atoms with Crippen molar-refractivity contribution in [2.45, 2.75) is 0 Å². The van der Waals surface area contributed by atoms with Crippen LogP contribution >= 0.6 is 11.3 Å². The van der Waals surface area contributed by atoms with Gasteiger partial charge in [0, 0.05) is 17.6 Å². The van der Waals surface area contributed by atoms with Crippen LogP contribution in [0.3, 0.4) is 0 Å². The summed E-state index contributed by atoms with van der Waals surface area (Å²) in [6.45, 7) is 0. The van der Waals surface area contributed by atoms with Crippen molar-refractivity contribution in [1.82, 2.24) is 4.98 Å². The highest BCUT2D eigenvalue weighted by molar-refractivity contribution is 7.13. The van der Waals surface area contributed by atoms with Gasteiger partial charge < -0.3 is 5.32 Å². The Balaban J connectivity index is 2.09. The van der Waals surface area contributed by atoms with Crippen molar-refractivity contribution in [3.63, 3.8) is 0 Å². The second kappa shape index (κ2) is 5.23. The number of benzene rings is 1. The van der Waals surface area contributed by atoms with Gasteiger partial charge in [0.15, 0.2) is 5.13 Å². The van der Waals surface area contributed by atoms with E-state index in [4.69, 9.17) is 0 Å². The Hall–Kier alpha value is -2.48. The first-order valence-electron chi connectivity index (χ1n) is 4.88. The first-order chi connectivity index (χ1) is 8.66. The molecule has 0 aliphatic rings. The molecule has 0 saturated carbocycles. The fraction of sp³-hybridized carbons (Fsp3) is 0. The van der Waals surface area contributed by atoms with Crippen LogP contribution in [0.15, 0.2) is 35.8 Å². The van der Waals surface area contributed by atoms with E-state index in [1.54, 1.807) is 17.6 Å². The van der Waals surface area contributed by atoms with Crippen LogP contribution in [0.4, 0.5) is 21.3 Å². The maximum Gasteiger partial charge on any atom is 0.325 e. The maximum atomic E-state index is 11.6. The number of aromatic nitrogens is 1. The molecule has 2 aromatic rings. The monoisotopic (exact) mass is 264 g/mol. The summed E-state index contributed by atoms with van der Waals surface area (Å²) in [5, 5.41) is 17.8. The molecule has 1 aromatic heterocycles. The number of carbonyl (C=O) groups excluding carboxylic acids is 1. The number of anilines is 2. The Kier molecular flexibility index (Phi) is 3.49. The van der Waals surface area contributed by atoms with E-state index in [9.17, 15) is 14.9 Å². The molecule has 0 radical (unpaired) electrons. The van der Waals surface area contributed by atoms with Gasteiger partial charge in [-0.2, -0.15) is 0 Å². The summed E-state index contributed by atoms with van der Waals surface area (Å²) in [5.41, 5.74) is -0.0247. The lowest BCUT2D eigenvalue weighted by atomic mass is 10.3. The highest BCUT2D eigenvalue weighted by atomic mass is 32.1. The molecule has 2 rings (SSSR count). The van der Waals surface area contributed by atoms with Gasteiger partial charge in [-0.15, -0.1) is 11.3 Å². The van der Waals surface area contributed by atoms with Crippen LogP contribution in [-0.4, -0.2) is 15.9 Å². The molecule has 0 aliphatic carbocycles. The molecule has 7 nitrogen and oxygen atoms in total. The van der Waals surface area contributed by atoms with Gasteiger partial charge in [-0.05, 0) is 6.07 Å². The van der Waals surface area contributed by atoms with Crippen molar-refractivity contribution in [2.24, 2.45) is 0 Å². The number of nitrogens with one attached hydrogen (secondary N) is 2. The number of urea groups is 1. The zero-order valence-electron chi connectivity index (χ0n) is 8.99. The molecule has 2 amide bonds. The Morgan fingerprint density at radius 2 is 2.11 bits per heavy atom. The zero-order valence-corrected chi connectivity index (χ0v) is 9.81. The third kappa shape index (κ3) is 2.80. The van der Waals surface area contributed by atoms with Gasteiger partial charge in [-0.25, -0.2) is 9.78 Å². The van der Waals surface area contributed by atoms with Crippen LogP contribution in [0.1, 0.15) is 0 Å². The lowest BCUT2D eigenvalue weighted by Gasteiger charge is -2.05. The van der Waals surface area contributed by atoms with E-state index in [0.717, 1.165) is 0 Å². The standard InChI is InChI=1S/C10H8N4O3S/c15-9(13-10-11-5-6-18-10)12-7-3-1-2-4-8(7)14(16)17/h1-6H,(H2,11,12,13,15). The average molecular weight is 264 g/mol. The molecule has 0 unspecified atom stereocenters. The number of rotatable bonds is 3. The van der Waals surface area contributed by atoms with E-state index in [1.165, 1.54) is 29.5 Å². The number of nitro groups is 1. The van der Waals surface area contributed by atoms with Crippen molar-refractivity contribution in [2.75, 3.05) is 10.6 Å². The minimum Gasteiger partial charge on any atom is -0.302 e. The summed E-state index contributed by atoms with van der Waals surface area (Å²) in [7, 11) is 0. The summed E-state index contributed by atoms with van der Waals surface area (Å²) in [6, 6.07) is 5.34. The molecular weight excluding hydrogens is 256 g/mol. The first kappa shape index (κ1) is 12.0. The smallest absolute Gasteiger partial charge is 0.302 e. The van der Waals surface area contributed by atoms with Crippen molar-refractivity contribution < 1.29 is 9.72 Å². The van der Waals surface area contributed by atoms with Crippen molar-refractivity contribution >= 4 is 33.9 Å². The molecule has 0 spiro atoms. The van der Waals surface area contributed by atoms with E-state index in [-0.39, 0.29) is 11.4 Å². The zero-order chi connectivity index (χ0) is 13.0. The van der Waals surface area contributed by atoms with Gasteiger partial charge in [0.05, 0.1) is 4.92 Å². The molecule has 0 bridgehead atoms. The quantitative estimate of drug-likeness (QED) is 0.657. The number of thiazole rings is 1. The molecular formula is C10H8N4O3S. The number of nitrogens with zero attached hydrogens (tertiary/aromatic N) is 2. The number of hydrogen-bond donors (Lipinski definition) is 2. The number of nitro benzene ring substituents is 1. The second-order valence-corrected chi connectivity index (χ2v) is 4.09. The Morgan fingerprint density at radius 1 is 1.33 bits per heavy atom. The molecule has 2 N–H and O–H groups in total. The van der Waals surface area contributed by atoms with Crippen LogP contribution in [-0.2, 0) is 0 Å². The van der Waals surface area contributed by atoms with Crippen molar-refractivity contribution in [1.29, 1.82) is 0 Å². The van der Waals surface area contributed by atoms with E-state index in [1.807, 2.05) is 0 Å². The molecule has 0 fully saturated rings. The van der Waals surface area contributed by atoms with Gasteiger partial charge in [0.25, 0.3) is 5.69 Å². The average Bonchev–Trinajstić information content (AvgIpc) is 2.82.